The van der Waals surface area contributed by atoms with Crippen LogP contribution in [0.1, 0.15) is 21.6 Å². The van der Waals surface area contributed by atoms with E-state index < -0.39 is 7.12 Å². The first kappa shape index (κ1) is 14.7. The van der Waals surface area contributed by atoms with Gasteiger partial charge in [-0.2, -0.15) is 0 Å². The van der Waals surface area contributed by atoms with Crippen molar-refractivity contribution in [1.82, 2.24) is 20.0 Å². The molecule has 0 atom stereocenters. The average Bonchev–Trinajstić information content (AvgIpc) is 3.24. The van der Waals surface area contributed by atoms with E-state index in [2.05, 4.69) is 15.3 Å². The van der Waals surface area contributed by atoms with E-state index >= 15 is 0 Å². The summed E-state index contributed by atoms with van der Waals surface area (Å²) in [6.07, 6.45) is 5.08. The molecule has 0 radical (unpaired) electrons. The van der Waals surface area contributed by atoms with Crippen molar-refractivity contribution in [2.24, 2.45) is 0 Å². The number of Topliss-reactive ketones (excluding diaryl/α,β-unsaturated/α-hetero) is 1. The van der Waals surface area contributed by atoms with E-state index in [4.69, 9.17) is 4.65 Å². The topological polar surface area (TPSA) is 90.1 Å². The minimum Gasteiger partial charge on any atom is -0.423 e. The van der Waals surface area contributed by atoms with Gasteiger partial charge in [0.1, 0.15) is 5.69 Å². The second-order valence-corrected chi connectivity index (χ2v) is 5.56. The Balaban J connectivity index is 1.53. The van der Waals surface area contributed by atoms with E-state index in [0.29, 0.717) is 6.61 Å². The maximum absolute atomic E-state index is 12.4. The van der Waals surface area contributed by atoms with Crippen LogP contribution in [0.25, 0.3) is 5.69 Å². The van der Waals surface area contributed by atoms with Gasteiger partial charge in [-0.1, -0.05) is 23.4 Å². The van der Waals surface area contributed by atoms with E-state index in [1.54, 1.807) is 30.7 Å². The third-order valence-corrected chi connectivity index (χ3v) is 3.93. The van der Waals surface area contributed by atoms with Gasteiger partial charge in [-0.3, -0.25) is 9.78 Å². The van der Waals surface area contributed by atoms with Gasteiger partial charge in [0.2, 0.25) is 0 Å². The Kier molecular flexibility index (Phi) is 3.68. The molecule has 1 aliphatic rings. The highest BCUT2D eigenvalue weighted by Gasteiger charge is 2.27. The zero-order valence-corrected chi connectivity index (χ0v) is 12.7. The Morgan fingerprint density at radius 1 is 1.38 bits per heavy atom. The number of rotatable bonds is 4. The van der Waals surface area contributed by atoms with Crippen molar-refractivity contribution < 1.29 is 14.5 Å². The van der Waals surface area contributed by atoms with Crippen LogP contribution in [0.4, 0.5) is 0 Å². The van der Waals surface area contributed by atoms with Crippen molar-refractivity contribution in [3.8, 4) is 5.69 Å². The molecule has 0 spiro atoms. The minimum atomic E-state index is -0.915. The third-order valence-electron chi connectivity index (χ3n) is 3.93. The van der Waals surface area contributed by atoms with E-state index in [9.17, 15) is 9.82 Å². The maximum atomic E-state index is 12.4. The molecular formula is C16H13BN4O3. The van der Waals surface area contributed by atoms with Crippen molar-refractivity contribution in [3.05, 3.63) is 65.7 Å². The van der Waals surface area contributed by atoms with Crippen molar-refractivity contribution in [1.29, 1.82) is 0 Å². The summed E-state index contributed by atoms with van der Waals surface area (Å²) in [5.41, 5.74) is 3.50. The lowest BCUT2D eigenvalue weighted by atomic mass is 9.78. The lowest BCUT2D eigenvalue weighted by molar-refractivity contribution is 0.0988. The summed E-state index contributed by atoms with van der Waals surface area (Å²) in [7, 11) is -0.915. The smallest absolute Gasteiger partial charge is 0.423 e. The molecule has 0 aliphatic carbocycles. The number of fused-ring (bicyclic) bond motifs is 1. The van der Waals surface area contributed by atoms with Gasteiger partial charge in [-0.15, -0.1) is 5.10 Å². The Hall–Kier alpha value is -2.84. The van der Waals surface area contributed by atoms with Crippen LogP contribution in [0, 0.1) is 0 Å². The summed E-state index contributed by atoms with van der Waals surface area (Å²) in [4.78, 5) is 16.4. The quantitative estimate of drug-likeness (QED) is 0.549. The number of hydrogen-bond acceptors (Lipinski definition) is 6. The summed E-state index contributed by atoms with van der Waals surface area (Å²) in [6.45, 7) is 0.393. The number of carbonyl (C=O) groups is 1. The van der Waals surface area contributed by atoms with Crippen molar-refractivity contribution in [2.45, 2.75) is 13.0 Å². The molecule has 0 bridgehead atoms. The Morgan fingerprint density at radius 3 is 3.12 bits per heavy atom. The fourth-order valence-electron chi connectivity index (χ4n) is 2.66. The highest BCUT2D eigenvalue weighted by Crippen LogP contribution is 2.13. The molecule has 0 fully saturated rings. The number of benzene rings is 1. The fourth-order valence-corrected chi connectivity index (χ4v) is 2.66. The number of nitrogens with zero attached hydrogens (tertiary/aromatic N) is 4. The normalized spacial score (nSPS) is 13.1. The van der Waals surface area contributed by atoms with Crippen LogP contribution in [0.5, 0.6) is 0 Å². The number of aromatic nitrogens is 4. The number of pyridine rings is 1. The molecular weight excluding hydrogens is 307 g/mol. The van der Waals surface area contributed by atoms with Crippen LogP contribution in [0.15, 0.2) is 48.9 Å². The zero-order chi connectivity index (χ0) is 16.5. The number of ketones is 1. The maximum Gasteiger partial charge on any atom is 0.491 e. The molecule has 8 heteroatoms. The first-order valence-electron chi connectivity index (χ1n) is 7.48. The molecule has 24 heavy (non-hydrogen) atoms. The van der Waals surface area contributed by atoms with Gasteiger partial charge in [0.15, 0.2) is 5.78 Å². The van der Waals surface area contributed by atoms with Crippen LogP contribution >= 0.6 is 0 Å². The van der Waals surface area contributed by atoms with Gasteiger partial charge in [-0.05, 0) is 28.7 Å². The van der Waals surface area contributed by atoms with Crippen LogP contribution in [0.3, 0.4) is 0 Å². The van der Waals surface area contributed by atoms with E-state index in [0.717, 1.165) is 22.3 Å². The number of carbonyl (C=O) groups excluding carboxylic acids is 1. The Labute approximate surface area is 138 Å². The van der Waals surface area contributed by atoms with Crippen molar-refractivity contribution >= 4 is 18.4 Å². The first-order chi connectivity index (χ1) is 11.7. The van der Waals surface area contributed by atoms with Crippen LogP contribution in [-0.2, 0) is 17.7 Å². The van der Waals surface area contributed by atoms with Crippen LogP contribution < -0.4 is 5.46 Å². The molecule has 3 heterocycles. The predicted octanol–water partition coefficient (Wildman–Crippen LogP) is 0.305. The first-order valence-corrected chi connectivity index (χ1v) is 7.48. The predicted molar refractivity (Wildman–Crippen MR) is 86.0 cm³/mol. The van der Waals surface area contributed by atoms with Gasteiger partial charge in [-0.25, -0.2) is 4.68 Å². The lowest BCUT2D eigenvalue weighted by Gasteiger charge is -2.03. The largest absolute Gasteiger partial charge is 0.491 e. The van der Waals surface area contributed by atoms with Crippen LogP contribution in [-0.4, -0.2) is 37.9 Å². The third kappa shape index (κ3) is 2.73. The van der Waals surface area contributed by atoms with Gasteiger partial charge >= 0.3 is 7.12 Å². The molecule has 0 saturated heterocycles. The molecule has 0 saturated carbocycles. The second kappa shape index (κ2) is 5.99. The summed E-state index contributed by atoms with van der Waals surface area (Å²) in [6, 6.07) is 9.16. The monoisotopic (exact) mass is 320 g/mol. The van der Waals surface area contributed by atoms with Crippen molar-refractivity contribution in [2.75, 3.05) is 0 Å². The molecule has 4 rings (SSSR count). The SMILES string of the molecule is O=C(Cc1ccc2c(c1)B(O)OC2)c1cn(-c2cccnc2)nn1. The van der Waals surface area contributed by atoms with E-state index in [1.165, 1.54) is 4.68 Å². The fraction of sp³-hybridized carbons (Fsp3) is 0.125. The zero-order valence-electron chi connectivity index (χ0n) is 12.7. The average molecular weight is 320 g/mol. The Morgan fingerprint density at radius 2 is 2.29 bits per heavy atom. The summed E-state index contributed by atoms with van der Waals surface area (Å²) in [5, 5.41) is 17.7. The van der Waals surface area contributed by atoms with Gasteiger partial charge < -0.3 is 9.68 Å². The van der Waals surface area contributed by atoms with E-state index in [-0.39, 0.29) is 17.9 Å². The lowest BCUT2D eigenvalue weighted by Crippen LogP contribution is -2.28. The number of hydrogen-bond donors (Lipinski definition) is 1. The van der Waals surface area contributed by atoms with Crippen molar-refractivity contribution in [3.63, 3.8) is 0 Å². The Bertz CT molecular complexity index is 897. The molecule has 1 aromatic carbocycles. The second-order valence-electron chi connectivity index (χ2n) is 5.56. The molecule has 7 nitrogen and oxygen atoms in total. The highest BCUT2D eigenvalue weighted by molar-refractivity contribution is 6.61. The summed E-state index contributed by atoms with van der Waals surface area (Å²) >= 11 is 0. The minimum absolute atomic E-state index is 0.140. The molecule has 1 N–H and O–H groups in total. The molecule has 0 unspecified atom stereocenters. The van der Waals surface area contributed by atoms with Gasteiger partial charge in [0, 0.05) is 12.6 Å². The molecule has 118 valence electrons. The molecule has 2 aromatic heterocycles. The van der Waals surface area contributed by atoms with E-state index in [1.807, 2.05) is 18.2 Å². The van der Waals surface area contributed by atoms with Gasteiger partial charge in [0.25, 0.3) is 0 Å². The molecule has 0 amide bonds. The molecule has 1 aliphatic heterocycles. The summed E-state index contributed by atoms with van der Waals surface area (Å²) in [5.74, 6) is -0.140. The summed E-state index contributed by atoms with van der Waals surface area (Å²) < 4.78 is 6.67. The highest BCUT2D eigenvalue weighted by atomic mass is 16.5. The van der Waals surface area contributed by atoms with Gasteiger partial charge in [0.05, 0.1) is 24.7 Å². The standard InChI is InChI=1S/C16H13BN4O3/c22-16(7-11-3-4-12-10-24-17(23)14(12)6-11)15-9-21(20-19-15)13-2-1-5-18-8-13/h1-6,8-9,23H,7,10H2. The molecule has 3 aromatic rings. The van der Waals surface area contributed by atoms with Crippen LogP contribution in [0.2, 0.25) is 0 Å².